The van der Waals surface area contributed by atoms with Gasteiger partial charge in [-0.3, -0.25) is 9.69 Å². The molecule has 3 aromatic rings. The number of ether oxygens (including phenoxy) is 2. The summed E-state index contributed by atoms with van der Waals surface area (Å²) in [7, 11) is 1.31. The first-order valence-electron chi connectivity index (χ1n) is 11.3. The highest BCUT2D eigenvalue weighted by Crippen LogP contribution is 2.45. The zero-order valence-corrected chi connectivity index (χ0v) is 19.6. The van der Waals surface area contributed by atoms with E-state index in [-0.39, 0.29) is 18.0 Å². The van der Waals surface area contributed by atoms with Crippen LogP contribution in [-0.4, -0.2) is 30.7 Å². The lowest BCUT2D eigenvalue weighted by Crippen LogP contribution is -2.65. The number of amides is 3. The maximum absolute atomic E-state index is 13.2. The summed E-state index contributed by atoms with van der Waals surface area (Å²) >= 11 is 0. The molecule has 0 aromatic heterocycles. The number of aryl methyl sites for hydroxylation is 1. The summed E-state index contributed by atoms with van der Waals surface area (Å²) in [6, 6.07) is 18.8. The average molecular weight is 472 g/mol. The molecule has 8 heteroatoms. The van der Waals surface area contributed by atoms with Gasteiger partial charge in [-0.15, -0.1) is 0 Å². The SMILES string of the molecule is COC(=O)c1ccc(NC(=O)c2cccc(N3C(=O)NC4CC3(C)Oc3ccc(C)cc34)c2)cc1. The van der Waals surface area contributed by atoms with Crippen LogP contribution in [0.3, 0.4) is 0 Å². The second kappa shape index (κ2) is 8.47. The van der Waals surface area contributed by atoms with Crippen LogP contribution in [0.5, 0.6) is 5.75 Å². The second-order valence-electron chi connectivity index (χ2n) is 8.93. The molecule has 2 bridgehead atoms. The fourth-order valence-corrected chi connectivity index (χ4v) is 4.68. The molecule has 178 valence electrons. The number of methoxy groups -OCH3 is 1. The molecule has 8 nitrogen and oxygen atoms in total. The van der Waals surface area contributed by atoms with Gasteiger partial charge in [0.1, 0.15) is 5.75 Å². The first kappa shape index (κ1) is 22.5. The maximum Gasteiger partial charge on any atom is 0.337 e. The van der Waals surface area contributed by atoms with Crippen molar-refractivity contribution in [3.05, 3.63) is 89.0 Å². The summed E-state index contributed by atoms with van der Waals surface area (Å²) in [5.74, 6) is -0.0547. The van der Waals surface area contributed by atoms with E-state index in [4.69, 9.17) is 9.47 Å². The molecule has 0 aliphatic carbocycles. The lowest BCUT2D eigenvalue weighted by Gasteiger charge is -2.50. The molecular formula is C27H25N3O5. The molecule has 2 atom stereocenters. The van der Waals surface area contributed by atoms with Crippen molar-refractivity contribution in [1.82, 2.24) is 5.32 Å². The molecule has 35 heavy (non-hydrogen) atoms. The first-order chi connectivity index (χ1) is 16.8. The number of anilines is 2. The topological polar surface area (TPSA) is 97.0 Å². The van der Waals surface area contributed by atoms with Crippen LogP contribution in [0, 0.1) is 6.92 Å². The molecule has 2 aliphatic rings. The fourth-order valence-electron chi connectivity index (χ4n) is 4.68. The Labute approximate surface area is 202 Å². The number of nitrogens with one attached hydrogen (secondary N) is 2. The smallest absolute Gasteiger partial charge is 0.337 e. The van der Waals surface area contributed by atoms with E-state index in [1.165, 1.54) is 7.11 Å². The lowest BCUT2D eigenvalue weighted by atomic mass is 9.89. The molecular weight excluding hydrogens is 446 g/mol. The van der Waals surface area contributed by atoms with Gasteiger partial charge in [0, 0.05) is 23.2 Å². The van der Waals surface area contributed by atoms with Crippen molar-refractivity contribution >= 4 is 29.3 Å². The third kappa shape index (κ3) is 4.07. The van der Waals surface area contributed by atoms with E-state index in [2.05, 4.69) is 10.6 Å². The van der Waals surface area contributed by atoms with Gasteiger partial charge < -0.3 is 20.1 Å². The van der Waals surface area contributed by atoms with Crippen LogP contribution < -0.4 is 20.3 Å². The highest BCUT2D eigenvalue weighted by molar-refractivity contribution is 6.06. The number of carbonyl (C=O) groups is 3. The Morgan fingerprint density at radius 2 is 1.86 bits per heavy atom. The van der Waals surface area contributed by atoms with Crippen molar-refractivity contribution in [3.8, 4) is 5.75 Å². The van der Waals surface area contributed by atoms with E-state index in [1.54, 1.807) is 53.4 Å². The Morgan fingerprint density at radius 3 is 2.60 bits per heavy atom. The largest absolute Gasteiger partial charge is 0.467 e. The Morgan fingerprint density at radius 1 is 1.09 bits per heavy atom. The number of urea groups is 1. The van der Waals surface area contributed by atoms with Gasteiger partial charge >= 0.3 is 12.0 Å². The highest BCUT2D eigenvalue weighted by Gasteiger charge is 2.49. The fraction of sp³-hybridized carbons (Fsp3) is 0.222. The predicted molar refractivity (Wildman–Crippen MR) is 131 cm³/mol. The number of nitrogens with zero attached hydrogens (tertiary/aromatic N) is 1. The van der Waals surface area contributed by atoms with Gasteiger partial charge in [-0.1, -0.05) is 23.8 Å². The van der Waals surface area contributed by atoms with Crippen LogP contribution in [0.4, 0.5) is 16.2 Å². The van der Waals surface area contributed by atoms with Gasteiger partial charge in [-0.25, -0.2) is 9.59 Å². The van der Waals surface area contributed by atoms with Crippen molar-refractivity contribution < 1.29 is 23.9 Å². The molecule has 2 unspecified atom stereocenters. The molecule has 5 rings (SSSR count). The van der Waals surface area contributed by atoms with Crippen LogP contribution in [0.2, 0.25) is 0 Å². The van der Waals surface area contributed by atoms with Gasteiger partial charge in [0.25, 0.3) is 5.91 Å². The normalized spacial score (nSPS) is 20.3. The van der Waals surface area contributed by atoms with Crippen LogP contribution in [0.15, 0.2) is 66.7 Å². The van der Waals surface area contributed by atoms with Crippen LogP contribution in [0.1, 0.15) is 51.2 Å². The van der Waals surface area contributed by atoms with Gasteiger partial charge in [0.2, 0.25) is 0 Å². The van der Waals surface area contributed by atoms with E-state index in [1.807, 2.05) is 32.0 Å². The van der Waals surface area contributed by atoms with Crippen LogP contribution >= 0.6 is 0 Å². The highest BCUT2D eigenvalue weighted by atomic mass is 16.5. The zero-order valence-electron chi connectivity index (χ0n) is 19.6. The van der Waals surface area contributed by atoms with Crippen molar-refractivity contribution in [1.29, 1.82) is 0 Å². The third-order valence-corrected chi connectivity index (χ3v) is 6.36. The summed E-state index contributed by atoms with van der Waals surface area (Å²) in [5, 5.41) is 5.89. The molecule has 0 radical (unpaired) electrons. The monoisotopic (exact) mass is 471 g/mol. The van der Waals surface area contributed by atoms with Gasteiger partial charge in [-0.05, 0) is 62.4 Å². The van der Waals surface area contributed by atoms with E-state index >= 15 is 0 Å². The quantitative estimate of drug-likeness (QED) is 0.533. The number of fused-ring (bicyclic) bond motifs is 4. The lowest BCUT2D eigenvalue weighted by molar-refractivity contribution is 0.0378. The molecule has 1 fully saturated rings. The van der Waals surface area contributed by atoms with E-state index < -0.39 is 11.7 Å². The summed E-state index contributed by atoms with van der Waals surface area (Å²) in [5.41, 5.74) is 3.01. The summed E-state index contributed by atoms with van der Waals surface area (Å²) in [4.78, 5) is 39.3. The number of benzene rings is 3. The van der Waals surface area contributed by atoms with Gasteiger partial charge in [-0.2, -0.15) is 0 Å². The number of esters is 1. The zero-order chi connectivity index (χ0) is 24.7. The van der Waals surface area contributed by atoms with E-state index in [0.29, 0.717) is 28.9 Å². The predicted octanol–water partition coefficient (Wildman–Crippen LogP) is 4.80. The third-order valence-electron chi connectivity index (χ3n) is 6.36. The Hall–Kier alpha value is -4.33. The van der Waals surface area contributed by atoms with Crippen molar-refractivity contribution in [3.63, 3.8) is 0 Å². The van der Waals surface area contributed by atoms with Crippen molar-refractivity contribution in [2.75, 3.05) is 17.3 Å². The second-order valence-corrected chi connectivity index (χ2v) is 8.93. The summed E-state index contributed by atoms with van der Waals surface area (Å²) in [6.07, 6.45) is 0.568. The number of rotatable bonds is 4. The minimum absolute atomic E-state index is 0.146. The molecule has 2 aliphatic heterocycles. The maximum atomic E-state index is 13.2. The Balaban J connectivity index is 1.39. The molecule has 0 saturated carbocycles. The van der Waals surface area contributed by atoms with Gasteiger partial charge in [0.15, 0.2) is 5.72 Å². The van der Waals surface area contributed by atoms with Crippen LogP contribution in [-0.2, 0) is 4.74 Å². The number of hydrogen-bond donors (Lipinski definition) is 2. The summed E-state index contributed by atoms with van der Waals surface area (Å²) < 4.78 is 11.0. The minimum Gasteiger partial charge on any atom is -0.467 e. The number of hydrogen-bond acceptors (Lipinski definition) is 5. The minimum atomic E-state index is -0.909. The molecule has 0 spiro atoms. The van der Waals surface area contributed by atoms with E-state index in [0.717, 1.165) is 16.9 Å². The summed E-state index contributed by atoms with van der Waals surface area (Å²) in [6.45, 7) is 3.90. The molecule has 3 aromatic carbocycles. The molecule has 1 saturated heterocycles. The molecule has 3 amide bonds. The van der Waals surface area contributed by atoms with Gasteiger partial charge in [0.05, 0.1) is 24.4 Å². The van der Waals surface area contributed by atoms with Crippen LogP contribution in [0.25, 0.3) is 0 Å². The molecule has 2 N–H and O–H groups in total. The molecule has 2 heterocycles. The Kier molecular flexibility index (Phi) is 5.43. The van der Waals surface area contributed by atoms with Crippen molar-refractivity contribution in [2.45, 2.75) is 32.0 Å². The van der Waals surface area contributed by atoms with E-state index in [9.17, 15) is 14.4 Å². The first-order valence-corrected chi connectivity index (χ1v) is 11.3. The Bertz CT molecular complexity index is 1340. The number of carbonyl (C=O) groups excluding carboxylic acids is 3. The van der Waals surface area contributed by atoms with Crippen molar-refractivity contribution in [2.24, 2.45) is 0 Å². The average Bonchev–Trinajstić information content (AvgIpc) is 2.84. The standard InChI is InChI=1S/C27H25N3O5/c1-16-7-12-23-21(13-16)22-15-27(2,35-23)30(26(33)29-22)20-6-4-5-18(14-20)24(31)28-19-10-8-17(9-11-19)25(32)34-3/h4-14,22H,15H2,1-3H3,(H,28,31)(H,29,33).